The van der Waals surface area contributed by atoms with Gasteiger partial charge in [0.1, 0.15) is 13.5 Å². The molecule has 0 unspecified atom stereocenters. The lowest BCUT2D eigenvalue weighted by molar-refractivity contribution is -0.159. The number of hydrogen-bond donors (Lipinski definition) is 0. The molecular formula is C19H33N3O4SSi. The fourth-order valence-electron chi connectivity index (χ4n) is 3.42. The maximum absolute atomic E-state index is 13.0. The van der Waals surface area contributed by atoms with Crippen molar-refractivity contribution in [3.8, 4) is 0 Å². The van der Waals surface area contributed by atoms with E-state index < -0.39 is 24.1 Å². The first-order chi connectivity index (χ1) is 12.8. The zero-order valence-electron chi connectivity index (χ0n) is 18.1. The van der Waals surface area contributed by atoms with Gasteiger partial charge in [0, 0.05) is 33.1 Å². The van der Waals surface area contributed by atoms with Crippen LogP contribution in [0, 0.1) is 0 Å². The third-order valence-corrected chi connectivity index (χ3v) is 13.5. The Hall–Kier alpha value is -1.00. The van der Waals surface area contributed by atoms with Gasteiger partial charge in [0.25, 0.3) is 0 Å². The van der Waals surface area contributed by atoms with Crippen LogP contribution in [0.2, 0.25) is 18.1 Å². The second-order valence-electron chi connectivity index (χ2n) is 9.45. The highest BCUT2D eigenvalue weighted by Crippen LogP contribution is 2.39. The van der Waals surface area contributed by atoms with Crippen molar-refractivity contribution in [2.24, 2.45) is 0 Å². The summed E-state index contributed by atoms with van der Waals surface area (Å²) in [6, 6.07) is 0. The zero-order valence-corrected chi connectivity index (χ0v) is 19.9. The van der Waals surface area contributed by atoms with Crippen LogP contribution in [0.25, 0.3) is 5.57 Å². The molecule has 7 nitrogen and oxygen atoms in total. The van der Waals surface area contributed by atoms with Crippen molar-refractivity contribution in [3.05, 3.63) is 18.0 Å². The normalized spacial score (nSPS) is 20.8. The summed E-state index contributed by atoms with van der Waals surface area (Å²) in [5.74, 6) is -0.496. The lowest BCUT2D eigenvalue weighted by Crippen LogP contribution is -2.56. The van der Waals surface area contributed by atoms with E-state index in [2.05, 4.69) is 39.9 Å². The minimum absolute atomic E-state index is 0.0360. The van der Waals surface area contributed by atoms with Gasteiger partial charge in [-0.05, 0) is 17.0 Å². The van der Waals surface area contributed by atoms with Gasteiger partial charge in [-0.25, -0.2) is 8.96 Å². The minimum atomic E-state index is -3.65. The van der Waals surface area contributed by atoms with Crippen LogP contribution in [0.15, 0.2) is 12.3 Å². The average molecular weight is 428 g/mol. The Balaban J connectivity index is 2.06. The van der Waals surface area contributed by atoms with Crippen molar-refractivity contribution in [1.29, 1.82) is 0 Å². The molecule has 1 fully saturated rings. The van der Waals surface area contributed by atoms with Crippen molar-refractivity contribution < 1.29 is 17.9 Å². The van der Waals surface area contributed by atoms with Crippen LogP contribution >= 0.6 is 0 Å². The van der Waals surface area contributed by atoms with E-state index in [1.165, 1.54) is 8.28 Å². The monoisotopic (exact) mass is 427 g/mol. The summed E-state index contributed by atoms with van der Waals surface area (Å²) in [4.78, 5) is 4.90. The number of nitrogens with zero attached hydrogens (tertiary/aromatic N) is 3. The Morgan fingerprint density at radius 2 is 1.82 bits per heavy atom. The van der Waals surface area contributed by atoms with Crippen LogP contribution < -0.4 is 5.45 Å². The minimum Gasteiger partial charge on any atom is -0.347 e. The number of hydrogen-bond acceptors (Lipinski definition) is 5. The predicted molar refractivity (Wildman–Crippen MR) is 114 cm³/mol. The maximum atomic E-state index is 13.0. The lowest BCUT2D eigenvalue weighted by atomic mass is 9.92. The second-order valence-corrected chi connectivity index (χ2v) is 16.7. The van der Waals surface area contributed by atoms with Crippen molar-refractivity contribution in [2.45, 2.75) is 64.0 Å². The Bertz CT molecular complexity index is 875. The van der Waals surface area contributed by atoms with Crippen molar-refractivity contribution in [3.63, 3.8) is 0 Å². The number of ether oxygens (including phenoxy) is 2. The molecule has 1 aliphatic heterocycles. The zero-order chi connectivity index (χ0) is 21.0. The summed E-state index contributed by atoms with van der Waals surface area (Å²) < 4.78 is 40.3. The molecule has 0 N–H and O–H groups in total. The van der Waals surface area contributed by atoms with Gasteiger partial charge in [-0.2, -0.15) is 12.7 Å². The number of aromatic nitrogens is 2. The van der Waals surface area contributed by atoms with E-state index >= 15 is 0 Å². The molecule has 2 heterocycles. The molecule has 0 bridgehead atoms. The quantitative estimate of drug-likeness (QED) is 0.691. The first-order valence-electron chi connectivity index (χ1n) is 9.80. The molecule has 0 saturated carbocycles. The van der Waals surface area contributed by atoms with Crippen molar-refractivity contribution >= 4 is 29.3 Å². The highest BCUT2D eigenvalue weighted by atomic mass is 32.2. The third kappa shape index (κ3) is 3.63. The highest BCUT2D eigenvalue weighted by molar-refractivity contribution is 7.87. The van der Waals surface area contributed by atoms with E-state index in [9.17, 15) is 8.42 Å². The molecule has 1 spiro atoms. The molecule has 2 aliphatic rings. The molecule has 0 amide bonds. The molecule has 1 aromatic rings. The lowest BCUT2D eigenvalue weighted by Gasteiger charge is -2.36. The Labute approximate surface area is 169 Å². The van der Waals surface area contributed by atoms with Crippen LogP contribution in [0.3, 0.4) is 0 Å². The van der Waals surface area contributed by atoms with Gasteiger partial charge in [0.15, 0.2) is 5.79 Å². The Morgan fingerprint density at radius 3 is 2.29 bits per heavy atom. The summed E-state index contributed by atoms with van der Waals surface area (Å²) in [6.07, 6.45) is 5.99. The van der Waals surface area contributed by atoms with E-state index in [-0.39, 0.29) is 5.04 Å². The van der Waals surface area contributed by atoms with E-state index in [0.717, 1.165) is 24.1 Å². The summed E-state index contributed by atoms with van der Waals surface area (Å²) in [7, 11) is -2.72. The summed E-state index contributed by atoms with van der Waals surface area (Å²) in [5, 5.41) is -0.0360. The van der Waals surface area contributed by atoms with Crippen molar-refractivity contribution in [2.75, 3.05) is 27.3 Å². The number of rotatable bonds is 4. The van der Waals surface area contributed by atoms with Gasteiger partial charge in [-0.15, -0.1) is 0 Å². The largest absolute Gasteiger partial charge is 0.347 e. The Morgan fingerprint density at radius 1 is 1.21 bits per heavy atom. The predicted octanol–water partition coefficient (Wildman–Crippen LogP) is 2.56. The molecule has 0 aromatic carbocycles. The molecule has 0 radical (unpaired) electrons. The number of imidazole rings is 1. The standard InChI is InChI=1S/C19H33N3O4SSi/c1-18(2,3)28(6,7)17-20-16(14-22(17)27(23,24)21(4)5)15-8-10-19(11-9-15)25-12-13-26-19/h8,14H,9-13H2,1-7H3. The molecule has 28 heavy (non-hydrogen) atoms. The summed E-state index contributed by atoms with van der Waals surface area (Å²) >= 11 is 0. The molecule has 0 atom stereocenters. The molecule has 158 valence electrons. The van der Waals surface area contributed by atoms with E-state index in [1.807, 2.05) is 0 Å². The van der Waals surface area contributed by atoms with Gasteiger partial charge < -0.3 is 9.47 Å². The topological polar surface area (TPSA) is 73.7 Å². The third-order valence-electron chi connectivity index (χ3n) is 6.40. The highest BCUT2D eigenvalue weighted by Gasteiger charge is 2.44. The van der Waals surface area contributed by atoms with Gasteiger partial charge in [-0.3, -0.25) is 0 Å². The second kappa shape index (κ2) is 7.05. The van der Waals surface area contributed by atoms with Gasteiger partial charge in [-0.1, -0.05) is 39.9 Å². The maximum Gasteiger partial charge on any atom is 0.308 e. The summed E-state index contributed by atoms with van der Waals surface area (Å²) in [5.41, 5.74) is 2.51. The molecular weight excluding hydrogens is 394 g/mol. The smallest absolute Gasteiger partial charge is 0.308 e. The summed E-state index contributed by atoms with van der Waals surface area (Å²) in [6.45, 7) is 12.1. The fourth-order valence-corrected chi connectivity index (χ4v) is 6.98. The van der Waals surface area contributed by atoms with Crippen LogP contribution in [0.4, 0.5) is 0 Å². The SMILES string of the molecule is CN(C)S(=O)(=O)n1cc(C2=CCC3(CC2)OCCO3)nc1[Si](C)(C)C(C)(C)C. The van der Waals surface area contributed by atoms with Crippen molar-refractivity contribution in [1.82, 2.24) is 13.3 Å². The Kier molecular flexibility index (Phi) is 5.46. The van der Waals surface area contributed by atoms with E-state index in [4.69, 9.17) is 14.5 Å². The molecule has 3 rings (SSSR count). The molecule has 1 saturated heterocycles. The van der Waals surface area contributed by atoms with Crippen LogP contribution in [-0.4, -0.2) is 62.8 Å². The van der Waals surface area contributed by atoms with Gasteiger partial charge in [0.2, 0.25) is 0 Å². The fraction of sp³-hybridized carbons (Fsp3) is 0.737. The van der Waals surface area contributed by atoms with Crippen LogP contribution in [0.5, 0.6) is 0 Å². The molecule has 1 aromatic heterocycles. The van der Waals surface area contributed by atoms with Gasteiger partial charge in [0.05, 0.1) is 18.9 Å². The molecule has 9 heteroatoms. The first-order valence-corrected chi connectivity index (χ1v) is 14.2. The molecule has 1 aliphatic carbocycles. The van der Waals surface area contributed by atoms with E-state index in [1.54, 1.807) is 20.3 Å². The van der Waals surface area contributed by atoms with E-state index in [0.29, 0.717) is 25.1 Å². The van der Waals surface area contributed by atoms with Crippen LogP contribution in [0.1, 0.15) is 45.7 Å². The number of allylic oxidation sites excluding steroid dienone is 1. The van der Waals surface area contributed by atoms with Gasteiger partial charge >= 0.3 is 10.2 Å². The average Bonchev–Trinajstić information content (AvgIpc) is 3.22. The van der Waals surface area contributed by atoms with Crippen LogP contribution in [-0.2, 0) is 19.7 Å². The first kappa shape index (κ1) is 21.7.